The van der Waals surface area contributed by atoms with E-state index in [2.05, 4.69) is 22.0 Å². The largest absolute Gasteiger partial charge is 0.453 e. The molecule has 1 N–H and O–H groups in total. The fourth-order valence-electron chi connectivity index (χ4n) is 1.49. The van der Waals surface area contributed by atoms with Gasteiger partial charge in [-0.1, -0.05) is 0 Å². The van der Waals surface area contributed by atoms with Crippen LogP contribution in [0.4, 0.5) is 4.79 Å². The maximum atomic E-state index is 10.7. The maximum absolute atomic E-state index is 10.7. The van der Waals surface area contributed by atoms with E-state index in [4.69, 9.17) is 0 Å². The molecule has 0 bridgehead atoms. The number of hydrogen-bond acceptors (Lipinski definition) is 3. The second kappa shape index (κ2) is 4.30. The number of amides is 1. The molecule has 0 aliphatic carbocycles. The first-order valence-corrected chi connectivity index (χ1v) is 4.22. The van der Waals surface area contributed by atoms with Gasteiger partial charge in [-0.2, -0.15) is 0 Å². The third kappa shape index (κ3) is 2.70. The highest BCUT2D eigenvalue weighted by Gasteiger charge is 2.19. The molecule has 0 aromatic carbocycles. The molecular formula is C8H16N2O2. The number of methoxy groups -OCH3 is 1. The topological polar surface area (TPSA) is 41.6 Å². The van der Waals surface area contributed by atoms with E-state index in [1.54, 1.807) is 0 Å². The zero-order chi connectivity index (χ0) is 8.97. The normalized spacial score (nSPS) is 24.0. The van der Waals surface area contributed by atoms with Crippen molar-refractivity contribution in [2.24, 2.45) is 5.92 Å². The summed E-state index contributed by atoms with van der Waals surface area (Å²) in [5, 5.41) is 2.71. The molecule has 0 radical (unpaired) electrons. The van der Waals surface area contributed by atoms with Crippen molar-refractivity contribution in [3.05, 3.63) is 0 Å². The van der Waals surface area contributed by atoms with Gasteiger partial charge in [0.05, 0.1) is 7.11 Å². The number of hydrogen-bond donors (Lipinski definition) is 1. The molecule has 70 valence electrons. The van der Waals surface area contributed by atoms with E-state index in [0.717, 1.165) is 19.6 Å². The van der Waals surface area contributed by atoms with E-state index >= 15 is 0 Å². The van der Waals surface area contributed by atoms with Crippen LogP contribution in [0.2, 0.25) is 0 Å². The second-order valence-corrected chi connectivity index (χ2v) is 3.29. The van der Waals surface area contributed by atoms with Crippen molar-refractivity contribution in [1.82, 2.24) is 10.2 Å². The first-order valence-electron chi connectivity index (χ1n) is 4.22. The number of alkyl carbamates (subject to hydrolysis) is 1. The SMILES string of the molecule is COC(=O)NC[C@@H]1CCN(C)C1. The lowest BCUT2D eigenvalue weighted by atomic mass is 10.1. The molecule has 1 amide bonds. The van der Waals surface area contributed by atoms with Crippen LogP contribution in [0.25, 0.3) is 0 Å². The summed E-state index contributed by atoms with van der Waals surface area (Å²) in [4.78, 5) is 13.0. The van der Waals surface area contributed by atoms with Crippen LogP contribution in [-0.4, -0.2) is 44.8 Å². The zero-order valence-corrected chi connectivity index (χ0v) is 7.67. The minimum atomic E-state index is -0.329. The van der Waals surface area contributed by atoms with Crippen molar-refractivity contribution in [3.8, 4) is 0 Å². The lowest BCUT2D eigenvalue weighted by Gasteiger charge is -2.10. The number of likely N-dealkylation sites (tertiary alicyclic amines) is 1. The Labute approximate surface area is 72.9 Å². The molecule has 1 fully saturated rings. The highest BCUT2D eigenvalue weighted by atomic mass is 16.5. The van der Waals surface area contributed by atoms with Gasteiger partial charge in [0.15, 0.2) is 0 Å². The molecule has 0 spiro atoms. The maximum Gasteiger partial charge on any atom is 0.406 e. The molecule has 1 aliphatic heterocycles. The molecule has 1 saturated heterocycles. The van der Waals surface area contributed by atoms with Crippen LogP contribution < -0.4 is 5.32 Å². The highest BCUT2D eigenvalue weighted by molar-refractivity contribution is 5.66. The Morgan fingerprint density at radius 3 is 3.00 bits per heavy atom. The van der Waals surface area contributed by atoms with Crippen LogP contribution in [-0.2, 0) is 4.74 Å². The summed E-state index contributed by atoms with van der Waals surface area (Å²) in [6.45, 7) is 2.94. The smallest absolute Gasteiger partial charge is 0.406 e. The van der Waals surface area contributed by atoms with Crippen molar-refractivity contribution in [2.75, 3.05) is 33.8 Å². The summed E-state index contributed by atoms with van der Waals surface area (Å²) in [5.41, 5.74) is 0. The van der Waals surface area contributed by atoms with Gasteiger partial charge in [-0.15, -0.1) is 0 Å². The Morgan fingerprint density at radius 1 is 1.75 bits per heavy atom. The molecule has 1 rings (SSSR count). The molecule has 1 heterocycles. The third-order valence-electron chi connectivity index (χ3n) is 2.21. The average molecular weight is 172 g/mol. The van der Waals surface area contributed by atoms with E-state index in [1.165, 1.54) is 13.5 Å². The molecule has 12 heavy (non-hydrogen) atoms. The van der Waals surface area contributed by atoms with Gasteiger partial charge in [0.1, 0.15) is 0 Å². The number of carbonyl (C=O) groups is 1. The minimum absolute atomic E-state index is 0.329. The molecule has 4 nitrogen and oxygen atoms in total. The van der Waals surface area contributed by atoms with Gasteiger partial charge in [-0.25, -0.2) is 4.79 Å². The fraction of sp³-hybridized carbons (Fsp3) is 0.875. The molecule has 0 aromatic rings. The Balaban J connectivity index is 2.11. The third-order valence-corrected chi connectivity index (χ3v) is 2.21. The number of ether oxygens (including phenoxy) is 1. The summed E-state index contributed by atoms with van der Waals surface area (Å²) >= 11 is 0. The van der Waals surface area contributed by atoms with Crippen LogP contribution in [0.3, 0.4) is 0 Å². The summed E-state index contributed by atoms with van der Waals surface area (Å²) in [5.74, 6) is 0.592. The van der Waals surface area contributed by atoms with Gasteiger partial charge in [-0.05, 0) is 25.9 Å². The summed E-state index contributed by atoms with van der Waals surface area (Å²) in [6, 6.07) is 0. The lowest BCUT2D eigenvalue weighted by molar-refractivity contribution is 0.169. The summed E-state index contributed by atoms with van der Waals surface area (Å²) in [6.07, 6.45) is 0.838. The van der Waals surface area contributed by atoms with Crippen molar-refractivity contribution in [3.63, 3.8) is 0 Å². The van der Waals surface area contributed by atoms with Crippen LogP contribution in [0.15, 0.2) is 0 Å². The number of nitrogens with one attached hydrogen (secondary N) is 1. The zero-order valence-electron chi connectivity index (χ0n) is 7.67. The molecule has 1 atom stereocenters. The van der Waals surface area contributed by atoms with Crippen molar-refractivity contribution < 1.29 is 9.53 Å². The van der Waals surface area contributed by atoms with Crippen LogP contribution >= 0.6 is 0 Å². The number of carbonyl (C=O) groups excluding carboxylic acids is 1. The molecule has 0 aromatic heterocycles. The Kier molecular flexibility index (Phi) is 3.34. The van der Waals surface area contributed by atoms with Gasteiger partial charge in [0.25, 0.3) is 0 Å². The predicted octanol–water partition coefficient (Wildman–Crippen LogP) is 0.294. The van der Waals surface area contributed by atoms with E-state index < -0.39 is 0 Å². The molecule has 0 unspecified atom stereocenters. The molecule has 1 aliphatic rings. The standard InChI is InChI=1S/C8H16N2O2/c1-10-4-3-7(6-10)5-9-8(11)12-2/h7H,3-6H2,1-2H3,(H,9,11)/t7-/m0/s1. The molecule has 0 saturated carbocycles. The predicted molar refractivity (Wildman–Crippen MR) is 46.0 cm³/mol. The Morgan fingerprint density at radius 2 is 2.50 bits per heavy atom. The van der Waals surface area contributed by atoms with Gasteiger partial charge < -0.3 is 15.0 Å². The van der Waals surface area contributed by atoms with E-state index in [9.17, 15) is 4.79 Å². The van der Waals surface area contributed by atoms with Crippen LogP contribution in [0.5, 0.6) is 0 Å². The summed E-state index contributed by atoms with van der Waals surface area (Å²) in [7, 11) is 3.48. The quantitative estimate of drug-likeness (QED) is 0.651. The van der Waals surface area contributed by atoms with Gasteiger partial charge in [0, 0.05) is 13.1 Å². The summed E-state index contributed by atoms with van der Waals surface area (Å²) < 4.78 is 4.47. The van der Waals surface area contributed by atoms with Crippen LogP contribution in [0.1, 0.15) is 6.42 Å². The van der Waals surface area contributed by atoms with Gasteiger partial charge in [-0.3, -0.25) is 0 Å². The van der Waals surface area contributed by atoms with E-state index in [1.807, 2.05) is 0 Å². The monoisotopic (exact) mass is 172 g/mol. The Bertz CT molecular complexity index is 161. The minimum Gasteiger partial charge on any atom is -0.453 e. The van der Waals surface area contributed by atoms with Crippen LogP contribution in [0, 0.1) is 5.92 Å². The van der Waals surface area contributed by atoms with Gasteiger partial charge in [0.2, 0.25) is 0 Å². The fourth-order valence-corrected chi connectivity index (χ4v) is 1.49. The lowest BCUT2D eigenvalue weighted by Crippen LogP contribution is -2.30. The molecule has 4 heteroatoms. The van der Waals surface area contributed by atoms with E-state index in [0.29, 0.717) is 5.92 Å². The molecular weight excluding hydrogens is 156 g/mol. The van der Waals surface area contributed by atoms with Crippen molar-refractivity contribution in [1.29, 1.82) is 0 Å². The second-order valence-electron chi connectivity index (χ2n) is 3.29. The highest BCUT2D eigenvalue weighted by Crippen LogP contribution is 2.12. The van der Waals surface area contributed by atoms with Crippen molar-refractivity contribution in [2.45, 2.75) is 6.42 Å². The van der Waals surface area contributed by atoms with E-state index in [-0.39, 0.29) is 6.09 Å². The number of rotatable bonds is 2. The van der Waals surface area contributed by atoms with Crippen molar-refractivity contribution >= 4 is 6.09 Å². The number of nitrogens with zero attached hydrogens (tertiary/aromatic N) is 1. The first-order chi connectivity index (χ1) is 5.72. The average Bonchev–Trinajstić information content (AvgIpc) is 2.47. The van der Waals surface area contributed by atoms with Gasteiger partial charge >= 0.3 is 6.09 Å². The Hall–Kier alpha value is -0.770. The first kappa shape index (κ1) is 9.32.